The van der Waals surface area contributed by atoms with Crippen LogP contribution in [0.1, 0.15) is 0 Å². The highest BCUT2D eigenvalue weighted by Gasteiger charge is 2.20. The molecule has 0 aliphatic heterocycles. The lowest BCUT2D eigenvalue weighted by molar-refractivity contribution is 1.02. The minimum absolute atomic E-state index is 0.667. The van der Waals surface area contributed by atoms with Crippen LogP contribution in [0.3, 0.4) is 0 Å². The molecule has 3 heterocycles. The van der Waals surface area contributed by atoms with Crippen molar-refractivity contribution >= 4 is 96.5 Å². The van der Waals surface area contributed by atoms with Crippen molar-refractivity contribution in [2.75, 3.05) is 0 Å². The Hall–Kier alpha value is -6.88. The number of para-hydroxylation sites is 1. The van der Waals surface area contributed by atoms with Crippen LogP contribution in [0.15, 0.2) is 176 Å². The van der Waals surface area contributed by atoms with Gasteiger partial charge in [-0.15, -0.1) is 11.3 Å². The predicted octanol–water partition coefficient (Wildman–Crippen LogP) is 13.9. The highest BCUT2D eigenvalue weighted by molar-refractivity contribution is 7.26. The third kappa shape index (κ3) is 4.29. The SMILES string of the molecule is c1ccc2c(-c3ccc(-c4nc(-n5c6ccccc6c6cc7ccc8sc9ccccc9c8c7cc65)nc5c4ccc4ccccc45)cc3)cccc2c1. The molecule has 0 aliphatic carbocycles. The molecule has 9 aromatic carbocycles. The van der Waals surface area contributed by atoms with Gasteiger partial charge in [-0.2, -0.15) is 0 Å². The van der Waals surface area contributed by atoms with E-state index in [2.05, 4.69) is 180 Å². The highest BCUT2D eigenvalue weighted by atomic mass is 32.1. The second kappa shape index (κ2) is 11.3. The second-order valence-electron chi connectivity index (χ2n) is 14.1. The van der Waals surface area contributed by atoms with E-state index in [4.69, 9.17) is 9.97 Å². The topological polar surface area (TPSA) is 30.7 Å². The largest absolute Gasteiger partial charge is 0.278 e. The Morgan fingerprint density at radius 3 is 1.94 bits per heavy atom. The molecule has 0 saturated carbocycles. The zero-order valence-corrected chi connectivity index (χ0v) is 29.8. The van der Waals surface area contributed by atoms with Gasteiger partial charge in [0.2, 0.25) is 5.95 Å². The molecule has 0 N–H and O–H groups in total. The van der Waals surface area contributed by atoms with Gasteiger partial charge in [0, 0.05) is 47.3 Å². The summed E-state index contributed by atoms with van der Waals surface area (Å²) in [5.74, 6) is 0.667. The molecule has 0 atom stereocenters. The van der Waals surface area contributed by atoms with Gasteiger partial charge in [0.1, 0.15) is 0 Å². The second-order valence-corrected chi connectivity index (χ2v) is 15.2. The van der Waals surface area contributed by atoms with Crippen molar-refractivity contribution in [3.05, 3.63) is 176 Å². The summed E-state index contributed by atoms with van der Waals surface area (Å²) in [7, 11) is 0. The smallest absolute Gasteiger partial charge is 0.235 e. The van der Waals surface area contributed by atoms with Crippen molar-refractivity contribution < 1.29 is 0 Å². The van der Waals surface area contributed by atoms with Gasteiger partial charge < -0.3 is 0 Å². The molecule has 0 unspecified atom stereocenters. The van der Waals surface area contributed by atoms with Crippen molar-refractivity contribution in [1.29, 1.82) is 0 Å². The van der Waals surface area contributed by atoms with E-state index in [1.807, 2.05) is 11.3 Å². The number of fused-ring (bicyclic) bond motifs is 12. The zero-order chi connectivity index (χ0) is 35.3. The molecule has 250 valence electrons. The van der Waals surface area contributed by atoms with Crippen LogP contribution < -0.4 is 0 Å². The van der Waals surface area contributed by atoms with Gasteiger partial charge in [0.05, 0.1) is 22.2 Å². The minimum Gasteiger partial charge on any atom is -0.278 e. The van der Waals surface area contributed by atoms with E-state index < -0.39 is 0 Å². The summed E-state index contributed by atoms with van der Waals surface area (Å²) < 4.78 is 4.89. The molecule has 12 rings (SSSR count). The van der Waals surface area contributed by atoms with Crippen molar-refractivity contribution in [1.82, 2.24) is 14.5 Å². The van der Waals surface area contributed by atoms with Gasteiger partial charge in [-0.3, -0.25) is 4.57 Å². The summed E-state index contributed by atoms with van der Waals surface area (Å²) in [5.41, 5.74) is 7.52. The van der Waals surface area contributed by atoms with Crippen molar-refractivity contribution in [2.24, 2.45) is 0 Å². The van der Waals surface area contributed by atoms with Gasteiger partial charge in [-0.05, 0) is 74.5 Å². The molecular formula is C50H29N3S. The molecule has 0 bridgehead atoms. The van der Waals surface area contributed by atoms with Crippen LogP contribution in [-0.2, 0) is 0 Å². The van der Waals surface area contributed by atoms with Crippen LogP contribution in [-0.4, -0.2) is 14.5 Å². The fourth-order valence-corrected chi connectivity index (χ4v) is 9.81. The number of aromatic nitrogens is 3. The van der Waals surface area contributed by atoms with Gasteiger partial charge in [0.15, 0.2) is 0 Å². The maximum Gasteiger partial charge on any atom is 0.235 e. The molecule has 3 nitrogen and oxygen atoms in total. The molecule has 4 heteroatoms. The number of hydrogen-bond acceptors (Lipinski definition) is 3. The lowest BCUT2D eigenvalue weighted by Crippen LogP contribution is -2.04. The summed E-state index contributed by atoms with van der Waals surface area (Å²) >= 11 is 1.86. The van der Waals surface area contributed by atoms with Crippen molar-refractivity contribution in [2.45, 2.75) is 0 Å². The van der Waals surface area contributed by atoms with E-state index in [0.717, 1.165) is 44.0 Å². The van der Waals surface area contributed by atoms with Crippen LogP contribution >= 0.6 is 11.3 Å². The summed E-state index contributed by atoms with van der Waals surface area (Å²) in [6.07, 6.45) is 0. The van der Waals surface area contributed by atoms with Crippen LogP contribution in [0.25, 0.3) is 114 Å². The fourth-order valence-electron chi connectivity index (χ4n) is 8.68. The lowest BCUT2D eigenvalue weighted by atomic mass is 9.96. The van der Waals surface area contributed by atoms with Crippen LogP contribution in [0.5, 0.6) is 0 Å². The molecule has 54 heavy (non-hydrogen) atoms. The summed E-state index contributed by atoms with van der Waals surface area (Å²) in [4.78, 5) is 11.0. The first-order valence-corrected chi connectivity index (χ1v) is 19.1. The Kier molecular flexibility index (Phi) is 6.21. The van der Waals surface area contributed by atoms with E-state index in [9.17, 15) is 0 Å². The Labute approximate surface area is 314 Å². The van der Waals surface area contributed by atoms with E-state index in [1.54, 1.807) is 0 Å². The molecule has 12 aromatic rings. The maximum atomic E-state index is 5.51. The molecule has 0 radical (unpaired) electrons. The lowest BCUT2D eigenvalue weighted by Gasteiger charge is -2.14. The predicted molar refractivity (Wildman–Crippen MR) is 230 cm³/mol. The molecule has 0 saturated heterocycles. The Balaban J connectivity index is 1.15. The van der Waals surface area contributed by atoms with E-state index in [-0.39, 0.29) is 0 Å². The number of benzene rings is 9. The van der Waals surface area contributed by atoms with Gasteiger partial charge >= 0.3 is 0 Å². The first-order valence-electron chi connectivity index (χ1n) is 18.3. The van der Waals surface area contributed by atoms with Crippen molar-refractivity contribution in [3.63, 3.8) is 0 Å². The Bertz CT molecular complexity index is 3490. The Morgan fingerprint density at radius 1 is 0.389 bits per heavy atom. The average Bonchev–Trinajstić information content (AvgIpc) is 3.78. The molecule has 0 fully saturated rings. The summed E-state index contributed by atoms with van der Waals surface area (Å²) in [6.45, 7) is 0. The minimum atomic E-state index is 0.667. The standard InChI is InChI=1S/C50H29N3S/c1-3-13-35-30(10-1)12-9-17-36(35)32-20-22-33(23-21-32)48-40-26-24-31-11-2-4-14-37(31)49(40)52-50(51-48)53-43-18-7-5-15-38(43)42-28-34-25-27-46-47(41(34)29-44(42)53)39-16-6-8-19-45(39)54-46/h1-29H. The first-order chi connectivity index (χ1) is 26.8. The van der Waals surface area contributed by atoms with Gasteiger partial charge in [-0.25, -0.2) is 9.97 Å². The first kappa shape index (κ1) is 29.7. The number of thiophene rings is 1. The molecule has 3 aromatic heterocycles. The number of hydrogen-bond donors (Lipinski definition) is 0. The summed E-state index contributed by atoms with van der Waals surface area (Å²) in [6, 6.07) is 63.6. The van der Waals surface area contributed by atoms with Crippen LogP contribution in [0, 0.1) is 0 Å². The average molecular weight is 704 g/mol. The molecule has 0 aliphatic rings. The number of nitrogens with zero attached hydrogens (tertiary/aromatic N) is 3. The van der Waals surface area contributed by atoms with Crippen LogP contribution in [0.4, 0.5) is 0 Å². The zero-order valence-electron chi connectivity index (χ0n) is 29.0. The summed E-state index contributed by atoms with van der Waals surface area (Å²) in [5, 5.41) is 13.3. The third-order valence-corrected chi connectivity index (χ3v) is 12.3. The third-order valence-electron chi connectivity index (χ3n) is 11.2. The van der Waals surface area contributed by atoms with Crippen molar-refractivity contribution in [3.8, 4) is 28.3 Å². The van der Waals surface area contributed by atoms with Gasteiger partial charge in [0.25, 0.3) is 0 Å². The van der Waals surface area contributed by atoms with E-state index in [0.29, 0.717) is 5.95 Å². The number of rotatable bonds is 3. The monoisotopic (exact) mass is 703 g/mol. The Morgan fingerprint density at radius 2 is 1.07 bits per heavy atom. The molecule has 0 spiro atoms. The fraction of sp³-hybridized carbons (Fsp3) is 0. The highest BCUT2D eigenvalue weighted by Crippen LogP contribution is 2.42. The van der Waals surface area contributed by atoms with E-state index in [1.165, 1.54) is 63.6 Å². The normalized spacial score (nSPS) is 12.1. The van der Waals surface area contributed by atoms with E-state index >= 15 is 0 Å². The quantitative estimate of drug-likeness (QED) is 0.172. The molecule has 0 amide bonds. The maximum absolute atomic E-state index is 5.51. The molecular weight excluding hydrogens is 675 g/mol. The van der Waals surface area contributed by atoms with Gasteiger partial charge in [-0.1, -0.05) is 140 Å². The van der Waals surface area contributed by atoms with Crippen LogP contribution in [0.2, 0.25) is 0 Å².